The summed E-state index contributed by atoms with van der Waals surface area (Å²) < 4.78 is 13.3. The van der Waals surface area contributed by atoms with Gasteiger partial charge in [-0.15, -0.1) is 10.2 Å². The van der Waals surface area contributed by atoms with Gasteiger partial charge >= 0.3 is 0 Å². The van der Waals surface area contributed by atoms with Crippen LogP contribution in [0.3, 0.4) is 0 Å². The fourth-order valence-electron chi connectivity index (χ4n) is 3.48. The molecule has 1 aromatic heterocycles. The van der Waals surface area contributed by atoms with Crippen molar-refractivity contribution >= 4 is 40.8 Å². The van der Waals surface area contributed by atoms with Crippen LogP contribution in [0.15, 0.2) is 64.5 Å². The number of amides is 1. The Labute approximate surface area is 190 Å². The molecule has 2 heterocycles. The van der Waals surface area contributed by atoms with Gasteiger partial charge in [0.25, 0.3) is 0 Å². The molecule has 5 nitrogen and oxygen atoms in total. The maximum absolute atomic E-state index is 13.3. The van der Waals surface area contributed by atoms with Crippen LogP contribution in [0.25, 0.3) is 0 Å². The monoisotopic (exact) mass is 456 g/mol. The quantitative estimate of drug-likeness (QED) is 0.542. The lowest BCUT2D eigenvalue weighted by molar-refractivity contribution is -0.120. The molecule has 3 aromatic rings. The Morgan fingerprint density at radius 1 is 1.16 bits per heavy atom. The van der Waals surface area contributed by atoms with Crippen molar-refractivity contribution in [3.8, 4) is 0 Å². The zero-order valence-electron chi connectivity index (χ0n) is 17.0. The van der Waals surface area contributed by atoms with E-state index < -0.39 is 5.82 Å². The van der Waals surface area contributed by atoms with Crippen molar-refractivity contribution in [3.05, 3.63) is 71.0 Å². The number of carbonyl (C=O) groups is 1. The average Bonchev–Trinajstić information content (AvgIpc) is 2.78. The van der Waals surface area contributed by atoms with Crippen molar-refractivity contribution in [1.29, 1.82) is 0 Å². The summed E-state index contributed by atoms with van der Waals surface area (Å²) in [4.78, 5) is 15.9. The Morgan fingerprint density at radius 3 is 2.68 bits per heavy atom. The number of nitrogens with zero attached hydrogens (tertiary/aromatic N) is 3. The fraction of sp³-hybridized carbons (Fsp3) is 0.261. The first-order chi connectivity index (χ1) is 15.0. The molecule has 0 saturated carbocycles. The first-order valence-corrected chi connectivity index (χ1v) is 11.3. The highest BCUT2D eigenvalue weighted by molar-refractivity contribution is 7.99. The lowest BCUT2D eigenvalue weighted by atomic mass is 9.97. The molecule has 1 aliphatic rings. The number of hydrogen-bond donors (Lipinski definition) is 1. The van der Waals surface area contributed by atoms with Gasteiger partial charge in [0.2, 0.25) is 5.91 Å². The minimum atomic E-state index is -0.508. The van der Waals surface area contributed by atoms with E-state index in [4.69, 9.17) is 11.6 Å². The number of hydrogen-bond acceptors (Lipinski definition) is 5. The van der Waals surface area contributed by atoms with Crippen LogP contribution in [-0.2, 0) is 4.79 Å². The maximum Gasteiger partial charge on any atom is 0.229 e. The van der Waals surface area contributed by atoms with Gasteiger partial charge in [-0.3, -0.25) is 4.79 Å². The number of piperidine rings is 1. The van der Waals surface area contributed by atoms with Gasteiger partial charge in [0.15, 0.2) is 5.82 Å². The molecular weight excluding hydrogens is 435 g/mol. The summed E-state index contributed by atoms with van der Waals surface area (Å²) >= 11 is 7.37. The van der Waals surface area contributed by atoms with E-state index in [9.17, 15) is 9.18 Å². The summed E-state index contributed by atoms with van der Waals surface area (Å²) in [5.74, 6) is -0.0467. The second-order valence-electron chi connectivity index (χ2n) is 7.55. The second kappa shape index (κ2) is 9.66. The van der Waals surface area contributed by atoms with Gasteiger partial charge in [0, 0.05) is 23.7 Å². The van der Waals surface area contributed by atoms with E-state index in [0.29, 0.717) is 12.2 Å². The minimum absolute atomic E-state index is 0.0121. The van der Waals surface area contributed by atoms with E-state index in [-0.39, 0.29) is 16.8 Å². The average molecular weight is 457 g/mol. The van der Waals surface area contributed by atoms with Gasteiger partial charge in [-0.25, -0.2) is 4.39 Å². The molecule has 2 aromatic carbocycles. The maximum atomic E-state index is 13.3. The van der Waals surface area contributed by atoms with Gasteiger partial charge in [-0.05, 0) is 62.2 Å². The van der Waals surface area contributed by atoms with E-state index in [1.165, 1.54) is 23.8 Å². The largest absolute Gasteiger partial charge is 0.354 e. The molecule has 0 bridgehead atoms. The van der Waals surface area contributed by atoms with E-state index in [0.717, 1.165) is 35.1 Å². The number of benzene rings is 2. The van der Waals surface area contributed by atoms with Crippen molar-refractivity contribution in [2.75, 3.05) is 23.3 Å². The molecule has 0 radical (unpaired) electrons. The Hall–Kier alpha value is -2.64. The summed E-state index contributed by atoms with van der Waals surface area (Å²) in [6.45, 7) is 3.44. The van der Waals surface area contributed by atoms with Crippen LogP contribution in [0.4, 0.5) is 15.9 Å². The Balaban J connectivity index is 1.37. The molecule has 0 unspecified atom stereocenters. The molecule has 0 spiro atoms. The predicted octanol–water partition coefficient (Wildman–Crippen LogP) is 5.58. The first kappa shape index (κ1) is 21.6. The van der Waals surface area contributed by atoms with Gasteiger partial charge < -0.3 is 10.2 Å². The Morgan fingerprint density at radius 2 is 1.97 bits per heavy atom. The number of carbonyl (C=O) groups excluding carboxylic acids is 1. The molecule has 1 amide bonds. The molecular formula is C23H22ClFN4OS. The molecule has 31 heavy (non-hydrogen) atoms. The first-order valence-electron chi connectivity index (χ1n) is 10.1. The van der Waals surface area contributed by atoms with Crippen LogP contribution >= 0.6 is 23.4 Å². The van der Waals surface area contributed by atoms with Crippen LogP contribution in [0.2, 0.25) is 5.02 Å². The van der Waals surface area contributed by atoms with Crippen molar-refractivity contribution in [3.63, 3.8) is 0 Å². The van der Waals surface area contributed by atoms with E-state index in [1.54, 1.807) is 11.8 Å². The number of aromatic nitrogens is 2. The van der Waals surface area contributed by atoms with Crippen molar-refractivity contribution in [2.45, 2.75) is 29.7 Å². The van der Waals surface area contributed by atoms with Gasteiger partial charge in [0.05, 0.1) is 10.9 Å². The van der Waals surface area contributed by atoms with Crippen molar-refractivity contribution in [2.24, 2.45) is 5.92 Å². The van der Waals surface area contributed by atoms with Crippen molar-refractivity contribution < 1.29 is 9.18 Å². The third kappa shape index (κ3) is 5.54. The molecule has 160 valence electrons. The summed E-state index contributed by atoms with van der Waals surface area (Å²) in [7, 11) is 0. The molecule has 1 aliphatic heterocycles. The van der Waals surface area contributed by atoms with Gasteiger partial charge in [-0.1, -0.05) is 41.1 Å². The van der Waals surface area contributed by atoms with Crippen LogP contribution in [-0.4, -0.2) is 29.2 Å². The summed E-state index contributed by atoms with van der Waals surface area (Å²) in [6.07, 6.45) is 1.66. The summed E-state index contributed by atoms with van der Waals surface area (Å²) in [6, 6.07) is 16.4. The summed E-state index contributed by atoms with van der Waals surface area (Å²) in [5.41, 5.74) is 1.71. The Bertz CT molecular complexity index is 1060. The highest BCUT2D eigenvalue weighted by Crippen LogP contribution is 2.28. The standard InChI is InChI=1S/C23H22ClFN4OS/c1-15-4-7-18(8-5-15)31-22-11-10-21(27-28-22)29-12-2-3-16(14-29)23(30)26-17-6-9-20(25)19(24)13-17/h4-11,13,16H,2-3,12,14H2,1H3,(H,26,30)/t16-/m1/s1. The second-order valence-corrected chi connectivity index (χ2v) is 9.05. The van der Waals surface area contributed by atoms with Crippen LogP contribution in [0.1, 0.15) is 18.4 Å². The Kier molecular flexibility index (Phi) is 6.73. The number of halogens is 2. The van der Waals surface area contributed by atoms with Crippen LogP contribution in [0.5, 0.6) is 0 Å². The molecule has 1 N–H and O–H groups in total. The number of anilines is 2. The van der Waals surface area contributed by atoms with Crippen LogP contribution in [0, 0.1) is 18.7 Å². The smallest absolute Gasteiger partial charge is 0.229 e. The number of rotatable bonds is 5. The van der Waals surface area contributed by atoms with E-state index in [2.05, 4.69) is 51.6 Å². The fourth-order valence-corrected chi connectivity index (χ4v) is 4.39. The lowest BCUT2D eigenvalue weighted by Crippen LogP contribution is -2.41. The van der Waals surface area contributed by atoms with E-state index >= 15 is 0 Å². The molecule has 1 fully saturated rings. The van der Waals surface area contributed by atoms with Gasteiger partial charge in [0.1, 0.15) is 10.8 Å². The highest BCUT2D eigenvalue weighted by atomic mass is 35.5. The normalized spacial score (nSPS) is 16.2. The molecule has 1 atom stereocenters. The molecule has 1 saturated heterocycles. The minimum Gasteiger partial charge on any atom is -0.354 e. The molecule has 8 heteroatoms. The highest BCUT2D eigenvalue weighted by Gasteiger charge is 2.27. The lowest BCUT2D eigenvalue weighted by Gasteiger charge is -2.32. The third-order valence-corrected chi connectivity index (χ3v) is 6.40. The molecule has 0 aliphatic carbocycles. The van der Waals surface area contributed by atoms with Crippen molar-refractivity contribution in [1.82, 2.24) is 10.2 Å². The third-order valence-electron chi connectivity index (χ3n) is 5.17. The topological polar surface area (TPSA) is 58.1 Å². The van der Waals surface area contributed by atoms with Gasteiger partial charge in [-0.2, -0.15) is 0 Å². The zero-order chi connectivity index (χ0) is 21.8. The molecule has 4 rings (SSSR count). The summed E-state index contributed by atoms with van der Waals surface area (Å²) in [5, 5.41) is 12.4. The zero-order valence-corrected chi connectivity index (χ0v) is 18.6. The number of nitrogens with one attached hydrogen (secondary N) is 1. The van der Waals surface area contributed by atoms with E-state index in [1.807, 2.05) is 12.1 Å². The van der Waals surface area contributed by atoms with Crippen LogP contribution < -0.4 is 10.2 Å². The SMILES string of the molecule is Cc1ccc(Sc2ccc(N3CCC[C@@H](C(=O)Nc4ccc(F)c(Cl)c4)C3)nn2)cc1. The predicted molar refractivity (Wildman–Crippen MR) is 122 cm³/mol. The number of aryl methyl sites for hydroxylation is 1.